The van der Waals surface area contributed by atoms with E-state index in [0.29, 0.717) is 24.5 Å². The van der Waals surface area contributed by atoms with E-state index in [9.17, 15) is 0 Å². The van der Waals surface area contributed by atoms with Crippen molar-refractivity contribution in [2.75, 3.05) is 17.2 Å². The summed E-state index contributed by atoms with van der Waals surface area (Å²) in [5.74, 6) is 2.30. The highest BCUT2D eigenvalue weighted by molar-refractivity contribution is 5.75. The average molecular weight is 391 g/mol. The number of hydrogen-bond donors (Lipinski definition) is 3. The zero-order chi connectivity index (χ0) is 19.8. The van der Waals surface area contributed by atoms with Gasteiger partial charge in [0.15, 0.2) is 11.6 Å². The van der Waals surface area contributed by atoms with Crippen molar-refractivity contribution in [3.63, 3.8) is 0 Å². The van der Waals surface area contributed by atoms with Crippen LogP contribution in [0.1, 0.15) is 37.8 Å². The highest BCUT2D eigenvalue weighted by Gasteiger charge is 2.40. The maximum atomic E-state index is 8.93. The van der Waals surface area contributed by atoms with Crippen LogP contribution in [0.5, 0.6) is 0 Å². The first-order valence-corrected chi connectivity index (χ1v) is 10.2. The van der Waals surface area contributed by atoms with E-state index in [2.05, 4.69) is 36.8 Å². The van der Waals surface area contributed by atoms with E-state index in [0.717, 1.165) is 48.2 Å². The molecule has 3 aromatic heterocycles. The molecule has 9 nitrogen and oxygen atoms in total. The Labute approximate surface area is 169 Å². The first kappa shape index (κ1) is 17.9. The molecule has 2 fully saturated rings. The molecule has 3 atom stereocenters. The summed E-state index contributed by atoms with van der Waals surface area (Å²) in [6.07, 6.45) is 10.8. The summed E-state index contributed by atoms with van der Waals surface area (Å²) in [6.45, 7) is 2.86. The van der Waals surface area contributed by atoms with Gasteiger partial charge in [0.1, 0.15) is 5.52 Å². The molecule has 2 aliphatic heterocycles. The topological polar surface area (TPSA) is 110 Å². The second kappa shape index (κ2) is 7.37. The Morgan fingerprint density at radius 3 is 2.86 bits per heavy atom. The largest absolute Gasteiger partial charge is 0.352 e. The minimum Gasteiger partial charge on any atom is -0.352 e. The van der Waals surface area contributed by atoms with E-state index in [-0.39, 0.29) is 0 Å². The number of nitrogens with one attached hydrogen (secondary N) is 3. The van der Waals surface area contributed by atoms with Crippen LogP contribution in [0.3, 0.4) is 0 Å². The third-order valence-corrected chi connectivity index (χ3v) is 6.10. The number of rotatable bonds is 6. The molecular weight excluding hydrogens is 366 g/mol. The monoisotopic (exact) mass is 391 g/mol. The summed E-state index contributed by atoms with van der Waals surface area (Å²) in [7, 11) is 0. The van der Waals surface area contributed by atoms with E-state index in [4.69, 9.17) is 10.2 Å². The lowest BCUT2D eigenvalue weighted by molar-refractivity contribution is 0.135. The van der Waals surface area contributed by atoms with Gasteiger partial charge in [-0.05, 0) is 32.6 Å². The zero-order valence-electron chi connectivity index (χ0n) is 16.5. The molecule has 0 radical (unpaired) electrons. The molecule has 0 aromatic carbocycles. The normalized spacial score (nSPS) is 23.9. The van der Waals surface area contributed by atoms with Gasteiger partial charge in [0.2, 0.25) is 5.95 Å². The van der Waals surface area contributed by atoms with Crippen molar-refractivity contribution in [2.45, 2.75) is 57.2 Å². The third kappa shape index (κ3) is 3.40. The number of fused-ring (bicyclic) bond motifs is 3. The highest BCUT2D eigenvalue weighted by Crippen LogP contribution is 2.37. The van der Waals surface area contributed by atoms with E-state index in [1.165, 1.54) is 12.8 Å². The fourth-order valence-electron chi connectivity index (χ4n) is 4.85. The predicted octanol–water partition coefficient (Wildman–Crippen LogP) is 2.83. The first-order valence-electron chi connectivity index (χ1n) is 10.2. The van der Waals surface area contributed by atoms with Crippen molar-refractivity contribution >= 4 is 23.1 Å². The summed E-state index contributed by atoms with van der Waals surface area (Å²) < 4.78 is 2.04. The molecule has 2 aliphatic rings. The first-order chi connectivity index (χ1) is 14.2. The number of aryl methyl sites for hydroxylation is 1. The fraction of sp³-hybridized carbons (Fsp3) is 0.500. The molecule has 0 aliphatic carbocycles. The molecule has 3 N–H and O–H groups in total. The molecule has 29 heavy (non-hydrogen) atoms. The van der Waals surface area contributed by atoms with Crippen LogP contribution in [-0.2, 0) is 0 Å². The number of nitrogens with zero attached hydrogens (tertiary/aromatic N) is 6. The Morgan fingerprint density at radius 2 is 2.14 bits per heavy atom. The quantitative estimate of drug-likeness (QED) is 0.593. The number of aromatic nitrogens is 5. The second-order valence-corrected chi connectivity index (χ2v) is 8.02. The SMILES string of the molecule is Cc1cc(Nc2nc(N[C@@H]3C[C@H]4CC[C@@H](C3)N4CCC#N)n3ccncc23)n[nH]1. The van der Waals surface area contributed by atoms with Crippen molar-refractivity contribution in [3.05, 3.63) is 30.4 Å². The fourth-order valence-corrected chi connectivity index (χ4v) is 4.85. The molecule has 5 heterocycles. The number of imidazole rings is 1. The van der Waals surface area contributed by atoms with Crippen molar-refractivity contribution in [1.29, 1.82) is 5.26 Å². The summed E-state index contributed by atoms with van der Waals surface area (Å²) in [6, 6.07) is 5.75. The Bertz CT molecular complexity index is 1030. The van der Waals surface area contributed by atoms with Gasteiger partial charge in [0.25, 0.3) is 0 Å². The average Bonchev–Trinajstić information content (AvgIpc) is 3.35. The van der Waals surface area contributed by atoms with Crippen LogP contribution >= 0.6 is 0 Å². The predicted molar refractivity (Wildman–Crippen MR) is 110 cm³/mol. The lowest BCUT2D eigenvalue weighted by Gasteiger charge is -2.38. The molecule has 0 unspecified atom stereocenters. The van der Waals surface area contributed by atoms with Crippen LogP contribution in [0.15, 0.2) is 24.7 Å². The van der Waals surface area contributed by atoms with Crippen LogP contribution < -0.4 is 10.6 Å². The Morgan fingerprint density at radius 1 is 1.31 bits per heavy atom. The lowest BCUT2D eigenvalue weighted by Crippen LogP contribution is -2.47. The minimum atomic E-state index is 0.380. The van der Waals surface area contributed by atoms with Gasteiger partial charge in [-0.3, -0.25) is 19.4 Å². The zero-order valence-corrected chi connectivity index (χ0v) is 16.5. The Kier molecular flexibility index (Phi) is 4.56. The number of piperidine rings is 1. The summed E-state index contributed by atoms with van der Waals surface area (Å²) in [4.78, 5) is 11.6. The van der Waals surface area contributed by atoms with E-state index in [1.807, 2.05) is 29.8 Å². The summed E-state index contributed by atoms with van der Waals surface area (Å²) >= 11 is 0. The standard InChI is InChI=1S/C20H25N9/c1-13-9-18(27-26-13)24-19-17-12-22-6-8-29(17)20(25-19)23-14-10-15-3-4-16(11-14)28(15)7-2-5-21/h6,8-9,12,14-16H,2-4,7,10-11H2,1H3,(H,23,25)(H2,24,26,27)/t14-,15-,16+. The van der Waals surface area contributed by atoms with E-state index in [1.54, 1.807) is 6.20 Å². The van der Waals surface area contributed by atoms with Crippen LogP contribution in [-0.4, -0.2) is 54.1 Å². The molecule has 150 valence electrons. The molecule has 0 amide bonds. The number of anilines is 3. The van der Waals surface area contributed by atoms with Gasteiger partial charge in [-0.2, -0.15) is 15.3 Å². The molecule has 3 aromatic rings. The summed E-state index contributed by atoms with van der Waals surface area (Å²) in [5.41, 5.74) is 1.90. The minimum absolute atomic E-state index is 0.380. The third-order valence-electron chi connectivity index (χ3n) is 6.10. The molecule has 2 bridgehead atoms. The van der Waals surface area contributed by atoms with Crippen LogP contribution in [0, 0.1) is 18.3 Å². The van der Waals surface area contributed by atoms with Crippen molar-refractivity contribution in [2.24, 2.45) is 0 Å². The lowest BCUT2D eigenvalue weighted by atomic mass is 9.97. The van der Waals surface area contributed by atoms with Crippen molar-refractivity contribution in [1.82, 2.24) is 29.5 Å². The maximum Gasteiger partial charge on any atom is 0.209 e. The van der Waals surface area contributed by atoms with Gasteiger partial charge < -0.3 is 10.6 Å². The van der Waals surface area contributed by atoms with Gasteiger partial charge in [0, 0.05) is 55.2 Å². The van der Waals surface area contributed by atoms with Gasteiger partial charge in [-0.15, -0.1) is 0 Å². The van der Waals surface area contributed by atoms with Gasteiger partial charge in [0.05, 0.1) is 12.3 Å². The Hall–Kier alpha value is -3.12. The molecular formula is C20H25N9. The van der Waals surface area contributed by atoms with E-state index < -0.39 is 0 Å². The number of aromatic amines is 1. The van der Waals surface area contributed by atoms with Gasteiger partial charge in [-0.25, -0.2) is 0 Å². The number of H-pyrrole nitrogens is 1. The Balaban J connectivity index is 1.36. The highest BCUT2D eigenvalue weighted by atomic mass is 15.3. The second-order valence-electron chi connectivity index (χ2n) is 8.02. The van der Waals surface area contributed by atoms with Crippen LogP contribution in [0.2, 0.25) is 0 Å². The van der Waals surface area contributed by atoms with Gasteiger partial charge in [-0.1, -0.05) is 0 Å². The molecule has 0 saturated carbocycles. The molecule has 0 spiro atoms. The van der Waals surface area contributed by atoms with Crippen molar-refractivity contribution < 1.29 is 0 Å². The number of hydrogen-bond acceptors (Lipinski definition) is 7. The van der Waals surface area contributed by atoms with Crippen LogP contribution in [0.4, 0.5) is 17.6 Å². The molecule has 2 saturated heterocycles. The van der Waals surface area contributed by atoms with Crippen molar-refractivity contribution in [3.8, 4) is 6.07 Å². The smallest absolute Gasteiger partial charge is 0.209 e. The van der Waals surface area contributed by atoms with E-state index >= 15 is 0 Å². The van der Waals surface area contributed by atoms with Crippen LogP contribution in [0.25, 0.3) is 5.52 Å². The number of nitriles is 1. The van der Waals surface area contributed by atoms with Gasteiger partial charge >= 0.3 is 0 Å². The molecule has 9 heteroatoms. The molecule has 5 rings (SSSR count). The summed E-state index contributed by atoms with van der Waals surface area (Å²) in [5, 5.41) is 23.1. The maximum absolute atomic E-state index is 8.93.